The summed E-state index contributed by atoms with van der Waals surface area (Å²) in [4.78, 5) is 31.5. The highest BCUT2D eigenvalue weighted by molar-refractivity contribution is 6.30. The lowest BCUT2D eigenvalue weighted by Gasteiger charge is -2.39. The van der Waals surface area contributed by atoms with Gasteiger partial charge in [0.2, 0.25) is 5.91 Å². The van der Waals surface area contributed by atoms with Crippen molar-refractivity contribution in [2.75, 3.05) is 23.3 Å². The Hall–Kier alpha value is -4.55. The molecule has 6 nitrogen and oxygen atoms in total. The van der Waals surface area contributed by atoms with Gasteiger partial charge < -0.3 is 14.8 Å². The third-order valence-electron chi connectivity index (χ3n) is 7.60. The molecule has 1 aromatic heterocycles. The Kier molecular flexibility index (Phi) is 7.49. The molecule has 3 amide bonds. The lowest BCUT2D eigenvalue weighted by molar-refractivity contribution is -0.119. The Labute approximate surface area is 244 Å². The summed E-state index contributed by atoms with van der Waals surface area (Å²) in [6, 6.07) is 32.6. The lowest BCUT2D eigenvalue weighted by atomic mass is 9.97. The molecule has 5 aromatic rings. The van der Waals surface area contributed by atoms with E-state index in [0.29, 0.717) is 11.6 Å². The number of hydrogen-bond donors (Lipinski definition) is 1. The quantitative estimate of drug-likeness (QED) is 0.218. The van der Waals surface area contributed by atoms with Gasteiger partial charge in [0, 0.05) is 23.2 Å². The van der Waals surface area contributed by atoms with Crippen LogP contribution in [-0.4, -0.2) is 34.5 Å². The maximum absolute atomic E-state index is 14.4. The molecule has 1 N–H and O–H groups in total. The Balaban J connectivity index is 1.35. The number of nitrogens with one attached hydrogen (secondary N) is 1. The molecule has 0 saturated heterocycles. The fourth-order valence-corrected chi connectivity index (χ4v) is 5.72. The summed E-state index contributed by atoms with van der Waals surface area (Å²) in [7, 11) is 0. The number of anilines is 2. The third-order valence-corrected chi connectivity index (χ3v) is 7.85. The van der Waals surface area contributed by atoms with E-state index in [4.69, 9.17) is 11.6 Å². The van der Waals surface area contributed by atoms with Crippen molar-refractivity contribution in [3.63, 3.8) is 0 Å². The third kappa shape index (κ3) is 5.19. The zero-order chi connectivity index (χ0) is 28.3. The molecule has 4 aromatic carbocycles. The number of fused-ring (bicyclic) bond motifs is 4. The number of carbonyl (C=O) groups is 2. The van der Waals surface area contributed by atoms with E-state index >= 15 is 0 Å². The summed E-state index contributed by atoms with van der Waals surface area (Å²) in [5.74, 6) is -0.158. The van der Waals surface area contributed by atoms with Crippen molar-refractivity contribution >= 4 is 45.7 Å². The smallest absolute Gasteiger partial charge is 0.316 e. The number of carbonyl (C=O) groups excluding carboxylic acids is 2. The molecule has 0 spiro atoms. The van der Waals surface area contributed by atoms with E-state index in [1.807, 2.05) is 114 Å². The van der Waals surface area contributed by atoms with Crippen LogP contribution in [0.4, 0.5) is 16.2 Å². The van der Waals surface area contributed by atoms with Crippen LogP contribution in [0.3, 0.4) is 0 Å². The van der Waals surface area contributed by atoms with Crippen molar-refractivity contribution in [3.05, 3.63) is 126 Å². The van der Waals surface area contributed by atoms with Crippen molar-refractivity contribution in [2.24, 2.45) is 0 Å². The first-order chi connectivity index (χ1) is 20.0. The molecule has 1 aliphatic rings. The van der Waals surface area contributed by atoms with Crippen molar-refractivity contribution in [2.45, 2.75) is 25.8 Å². The molecule has 0 fully saturated rings. The number of rotatable bonds is 7. The Morgan fingerprint density at radius 3 is 2.39 bits per heavy atom. The van der Waals surface area contributed by atoms with Gasteiger partial charge in [0.25, 0.3) is 0 Å². The predicted molar refractivity (Wildman–Crippen MR) is 166 cm³/mol. The van der Waals surface area contributed by atoms with Crippen LogP contribution in [0, 0.1) is 0 Å². The molecule has 41 heavy (non-hydrogen) atoms. The predicted octanol–water partition coefficient (Wildman–Crippen LogP) is 8.05. The topological polar surface area (TPSA) is 57.6 Å². The van der Waals surface area contributed by atoms with Crippen LogP contribution in [-0.2, 0) is 4.79 Å². The Bertz CT molecular complexity index is 1710. The van der Waals surface area contributed by atoms with Gasteiger partial charge in [-0.05, 0) is 59.8 Å². The van der Waals surface area contributed by atoms with E-state index in [1.165, 1.54) is 0 Å². The monoisotopic (exact) mass is 562 g/mol. The van der Waals surface area contributed by atoms with Gasteiger partial charge in [0.05, 0.1) is 22.8 Å². The van der Waals surface area contributed by atoms with Gasteiger partial charge in [-0.25, -0.2) is 4.79 Å². The van der Waals surface area contributed by atoms with Crippen molar-refractivity contribution < 1.29 is 9.59 Å². The molecule has 1 aliphatic heterocycles. The highest BCUT2D eigenvalue weighted by Gasteiger charge is 2.37. The number of hydrogen-bond acceptors (Lipinski definition) is 2. The second kappa shape index (κ2) is 11.5. The molecule has 7 heteroatoms. The van der Waals surface area contributed by atoms with Crippen LogP contribution in [0.25, 0.3) is 16.5 Å². The average Bonchev–Trinajstić information content (AvgIpc) is 3.49. The summed E-state index contributed by atoms with van der Waals surface area (Å²) in [6.45, 7) is 2.49. The van der Waals surface area contributed by atoms with Crippen molar-refractivity contribution in [1.29, 1.82) is 0 Å². The van der Waals surface area contributed by atoms with Gasteiger partial charge in [0.1, 0.15) is 12.6 Å². The number of aromatic nitrogens is 1. The Morgan fingerprint density at radius 2 is 1.59 bits per heavy atom. The number of amides is 3. The second-order valence-corrected chi connectivity index (χ2v) is 10.7. The number of halogens is 1. The molecule has 0 unspecified atom stereocenters. The summed E-state index contributed by atoms with van der Waals surface area (Å²) in [5, 5.41) is 5.71. The number of urea groups is 1. The maximum Gasteiger partial charge on any atom is 0.322 e. The normalized spacial score (nSPS) is 13.9. The molecule has 2 heterocycles. The number of benzene rings is 4. The van der Waals surface area contributed by atoms with E-state index in [1.54, 1.807) is 4.90 Å². The average molecular weight is 563 g/mol. The molecule has 0 bridgehead atoms. The molecule has 0 saturated carbocycles. The summed E-state index contributed by atoms with van der Waals surface area (Å²) in [5.41, 5.74) is 4.36. The molecule has 1 atom stereocenters. The summed E-state index contributed by atoms with van der Waals surface area (Å²) in [6.07, 6.45) is 3.71. The zero-order valence-corrected chi connectivity index (χ0v) is 23.6. The van der Waals surface area contributed by atoms with Gasteiger partial charge in [-0.1, -0.05) is 85.6 Å². The van der Waals surface area contributed by atoms with Crippen LogP contribution >= 0.6 is 11.6 Å². The van der Waals surface area contributed by atoms with E-state index in [0.717, 1.165) is 51.9 Å². The van der Waals surface area contributed by atoms with Crippen LogP contribution in [0.15, 0.2) is 109 Å². The minimum Gasteiger partial charge on any atom is -0.316 e. The van der Waals surface area contributed by atoms with Crippen LogP contribution in [0.5, 0.6) is 0 Å². The fraction of sp³-hybridized carbons (Fsp3) is 0.176. The van der Waals surface area contributed by atoms with Crippen LogP contribution in [0.2, 0.25) is 5.02 Å². The van der Waals surface area contributed by atoms with Gasteiger partial charge in [-0.15, -0.1) is 0 Å². The van der Waals surface area contributed by atoms with Crippen molar-refractivity contribution in [1.82, 2.24) is 9.47 Å². The van der Waals surface area contributed by atoms with E-state index in [9.17, 15) is 9.59 Å². The maximum atomic E-state index is 14.4. The standard InChI is InChI=1S/C34H31ClN4O2/c1-2-3-21-37(34(41)36-28-13-8-11-24-10-4-5-12-27(24)28)23-32(40)39-30-15-7-6-14-29(30)38-22-9-16-31(38)33(39)25-17-19-26(35)20-18-25/h4-20,22,33H,2-3,21,23H2,1H3,(H,36,41)/t33-/m1/s1. The van der Waals surface area contributed by atoms with Crippen LogP contribution < -0.4 is 10.2 Å². The lowest BCUT2D eigenvalue weighted by Crippen LogP contribution is -2.48. The molecular formula is C34H31ClN4O2. The first-order valence-corrected chi connectivity index (χ1v) is 14.3. The largest absolute Gasteiger partial charge is 0.322 e. The number of nitrogens with zero attached hydrogens (tertiary/aromatic N) is 3. The van der Waals surface area contributed by atoms with E-state index in [2.05, 4.69) is 16.8 Å². The zero-order valence-electron chi connectivity index (χ0n) is 22.8. The fourth-order valence-electron chi connectivity index (χ4n) is 5.59. The first-order valence-electron chi connectivity index (χ1n) is 13.9. The van der Waals surface area contributed by atoms with Crippen LogP contribution in [0.1, 0.15) is 37.1 Å². The van der Waals surface area contributed by atoms with Gasteiger partial charge in [-0.3, -0.25) is 9.69 Å². The molecule has 0 aliphatic carbocycles. The molecular weight excluding hydrogens is 532 g/mol. The minimum atomic E-state index is -0.376. The summed E-state index contributed by atoms with van der Waals surface area (Å²) >= 11 is 6.23. The van der Waals surface area contributed by atoms with Gasteiger partial charge >= 0.3 is 6.03 Å². The molecule has 206 valence electrons. The number of unbranched alkanes of at least 4 members (excludes halogenated alkanes) is 1. The van der Waals surface area contributed by atoms with E-state index < -0.39 is 0 Å². The number of para-hydroxylation sites is 2. The van der Waals surface area contributed by atoms with Gasteiger partial charge in [-0.2, -0.15) is 0 Å². The second-order valence-electron chi connectivity index (χ2n) is 10.2. The SMILES string of the molecule is CCCCN(CC(=O)N1c2ccccc2-n2cccc2[C@H]1c1ccc(Cl)cc1)C(=O)Nc1cccc2ccccc12. The highest BCUT2D eigenvalue weighted by atomic mass is 35.5. The minimum absolute atomic E-state index is 0.0598. The molecule has 6 rings (SSSR count). The molecule has 0 radical (unpaired) electrons. The van der Waals surface area contributed by atoms with E-state index in [-0.39, 0.29) is 24.5 Å². The summed E-state index contributed by atoms with van der Waals surface area (Å²) < 4.78 is 2.13. The van der Waals surface area contributed by atoms with Gasteiger partial charge in [0.15, 0.2) is 0 Å². The first kappa shape index (κ1) is 26.7. The highest BCUT2D eigenvalue weighted by Crippen LogP contribution is 2.42. The Morgan fingerprint density at radius 1 is 0.854 bits per heavy atom. The van der Waals surface area contributed by atoms with Crippen molar-refractivity contribution in [3.8, 4) is 5.69 Å².